The summed E-state index contributed by atoms with van der Waals surface area (Å²) < 4.78 is 0. The lowest BCUT2D eigenvalue weighted by atomic mass is 10.1. The quantitative estimate of drug-likeness (QED) is 0.666. The molecule has 2 aliphatic heterocycles. The minimum absolute atomic E-state index is 0.750. The van der Waals surface area contributed by atoms with Crippen molar-refractivity contribution in [2.24, 2.45) is 0 Å². The SMILES string of the molecule is ON1CCCC(N2CCCC2)CC1. The van der Waals surface area contributed by atoms with Crippen molar-refractivity contribution in [2.75, 3.05) is 26.2 Å². The third-order valence-corrected chi connectivity index (χ3v) is 3.33. The average molecular weight is 184 g/mol. The fourth-order valence-corrected chi connectivity index (χ4v) is 2.54. The van der Waals surface area contributed by atoms with Crippen LogP contribution in [0.5, 0.6) is 0 Å². The van der Waals surface area contributed by atoms with Gasteiger partial charge in [-0.1, -0.05) is 0 Å². The van der Waals surface area contributed by atoms with E-state index in [0.717, 1.165) is 32.0 Å². The summed E-state index contributed by atoms with van der Waals surface area (Å²) in [5.41, 5.74) is 0. The van der Waals surface area contributed by atoms with Gasteiger partial charge in [0.05, 0.1) is 0 Å². The highest BCUT2D eigenvalue weighted by Gasteiger charge is 2.23. The maximum Gasteiger partial charge on any atom is 0.0253 e. The highest BCUT2D eigenvalue weighted by molar-refractivity contribution is 4.78. The van der Waals surface area contributed by atoms with Crippen LogP contribution in [0.15, 0.2) is 0 Å². The van der Waals surface area contributed by atoms with Crippen molar-refractivity contribution in [1.82, 2.24) is 9.96 Å². The molecule has 13 heavy (non-hydrogen) atoms. The maximum atomic E-state index is 9.36. The molecule has 0 aromatic carbocycles. The first kappa shape index (κ1) is 9.44. The van der Waals surface area contributed by atoms with Crippen LogP contribution in [0.4, 0.5) is 0 Å². The average Bonchev–Trinajstić information content (AvgIpc) is 2.56. The molecule has 3 nitrogen and oxygen atoms in total. The van der Waals surface area contributed by atoms with E-state index in [1.807, 2.05) is 0 Å². The summed E-state index contributed by atoms with van der Waals surface area (Å²) in [5, 5.41) is 10.8. The van der Waals surface area contributed by atoms with Crippen molar-refractivity contribution >= 4 is 0 Å². The Morgan fingerprint density at radius 1 is 0.846 bits per heavy atom. The van der Waals surface area contributed by atoms with E-state index in [1.54, 1.807) is 0 Å². The minimum Gasteiger partial charge on any atom is -0.314 e. The molecule has 0 aliphatic carbocycles. The monoisotopic (exact) mass is 184 g/mol. The largest absolute Gasteiger partial charge is 0.314 e. The molecule has 0 saturated carbocycles. The molecular formula is C10H20N2O. The molecule has 1 atom stereocenters. The van der Waals surface area contributed by atoms with Gasteiger partial charge in [-0.3, -0.25) is 0 Å². The Morgan fingerprint density at radius 3 is 2.38 bits per heavy atom. The van der Waals surface area contributed by atoms with Crippen molar-refractivity contribution in [3.63, 3.8) is 0 Å². The van der Waals surface area contributed by atoms with Gasteiger partial charge in [-0.15, -0.1) is 0 Å². The van der Waals surface area contributed by atoms with E-state index in [0.29, 0.717) is 0 Å². The fourth-order valence-electron chi connectivity index (χ4n) is 2.54. The molecule has 1 N–H and O–H groups in total. The predicted octanol–water partition coefficient (Wildman–Crippen LogP) is 1.33. The lowest BCUT2D eigenvalue weighted by Crippen LogP contribution is -2.33. The molecule has 3 heteroatoms. The number of likely N-dealkylation sites (tertiary alicyclic amines) is 1. The molecule has 2 rings (SSSR count). The van der Waals surface area contributed by atoms with Crippen molar-refractivity contribution in [3.05, 3.63) is 0 Å². The molecule has 2 heterocycles. The van der Waals surface area contributed by atoms with Gasteiger partial charge in [0.2, 0.25) is 0 Å². The van der Waals surface area contributed by atoms with E-state index in [-0.39, 0.29) is 0 Å². The van der Waals surface area contributed by atoms with Crippen molar-refractivity contribution in [3.8, 4) is 0 Å². The molecule has 0 aromatic heterocycles. The van der Waals surface area contributed by atoms with Gasteiger partial charge in [-0.2, -0.15) is 5.06 Å². The van der Waals surface area contributed by atoms with E-state index in [1.165, 1.54) is 37.4 Å². The Morgan fingerprint density at radius 2 is 1.62 bits per heavy atom. The second-order valence-electron chi connectivity index (χ2n) is 4.28. The second kappa shape index (κ2) is 4.40. The topological polar surface area (TPSA) is 26.7 Å². The van der Waals surface area contributed by atoms with Crippen molar-refractivity contribution in [1.29, 1.82) is 0 Å². The molecule has 2 saturated heterocycles. The molecule has 0 amide bonds. The number of hydroxylamine groups is 2. The molecule has 0 radical (unpaired) electrons. The highest BCUT2D eigenvalue weighted by atomic mass is 16.5. The first-order valence-electron chi connectivity index (χ1n) is 5.54. The zero-order chi connectivity index (χ0) is 9.10. The molecule has 2 aliphatic rings. The molecule has 2 fully saturated rings. The third-order valence-electron chi connectivity index (χ3n) is 3.33. The van der Waals surface area contributed by atoms with Crippen molar-refractivity contribution in [2.45, 2.75) is 38.1 Å². The van der Waals surface area contributed by atoms with Gasteiger partial charge in [0.25, 0.3) is 0 Å². The van der Waals surface area contributed by atoms with E-state index >= 15 is 0 Å². The van der Waals surface area contributed by atoms with Crippen LogP contribution in [0.3, 0.4) is 0 Å². The molecule has 1 unspecified atom stereocenters. The van der Waals surface area contributed by atoms with E-state index in [2.05, 4.69) is 4.90 Å². The summed E-state index contributed by atoms with van der Waals surface area (Å²) in [7, 11) is 0. The Hall–Kier alpha value is -0.120. The minimum atomic E-state index is 0.750. The van der Waals surface area contributed by atoms with Gasteiger partial charge in [-0.25, -0.2) is 0 Å². The Labute approximate surface area is 80.3 Å². The lowest BCUT2D eigenvalue weighted by Gasteiger charge is -2.25. The normalized spacial score (nSPS) is 33.5. The Bertz CT molecular complexity index is 157. The maximum absolute atomic E-state index is 9.36. The van der Waals surface area contributed by atoms with E-state index in [4.69, 9.17) is 0 Å². The molecule has 76 valence electrons. The number of rotatable bonds is 1. The van der Waals surface area contributed by atoms with Crippen LogP contribution in [-0.4, -0.2) is 47.4 Å². The van der Waals surface area contributed by atoms with E-state index < -0.39 is 0 Å². The van der Waals surface area contributed by atoms with Crippen LogP contribution in [0, 0.1) is 0 Å². The van der Waals surface area contributed by atoms with Gasteiger partial charge in [0.1, 0.15) is 0 Å². The zero-order valence-corrected chi connectivity index (χ0v) is 8.28. The first-order chi connectivity index (χ1) is 6.36. The van der Waals surface area contributed by atoms with Crippen LogP contribution < -0.4 is 0 Å². The van der Waals surface area contributed by atoms with Gasteiger partial charge >= 0.3 is 0 Å². The lowest BCUT2D eigenvalue weighted by molar-refractivity contribution is -0.0883. The zero-order valence-electron chi connectivity index (χ0n) is 8.28. The first-order valence-corrected chi connectivity index (χ1v) is 5.54. The van der Waals surface area contributed by atoms with Crippen LogP contribution in [0.1, 0.15) is 32.1 Å². The number of nitrogens with zero attached hydrogens (tertiary/aromatic N) is 2. The number of hydrogen-bond donors (Lipinski definition) is 1. The van der Waals surface area contributed by atoms with Crippen LogP contribution in [-0.2, 0) is 0 Å². The van der Waals surface area contributed by atoms with Gasteiger partial charge in [-0.05, 0) is 45.2 Å². The summed E-state index contributed by atoms with van der Waals surface area (Å²) in [4.78, 5) is 2.61. The Balaban J connectivity index is 1.84. The van der Waals surface area contributed by atoms with Crippen molar-refractivity contribution < 1.29 is 5.21 Å². The van der Waals surface area contributed by atoms with Crippen LogP contribution >= 0.6 is 0 Å². The summed E-state index contributed by atoms with van der Waals surface area (Å²) in [6, 6.07) is 0.750. The van der Waals surface area contributed by atoms with Gasteiger partial charge < -0.3 is 10.1 Å². The molecular weight excluding hydrogens is 164 g/mol. The summed E-state index contributed by atoms with van der Waals surface area (Å²) in [5.74, 6) is 0. The fraction of sp³-hybridized carbons (Fsp3) is 1.00. The highest BCUT2D eigenvalue weighted by Crippen LogP contribution is 2.20. The third kappa shape index (κ3) is 2.42. The molecule has 0 aromatic rings. The standard InChI is InChI=1S/C10H20N2O/c13-12-8-3-4-10(5-9-12)11-6-1-2-7-11/h10,13H,1-9H2. The van der Waals surface area contributed by atoms with Gasteiger partial charge in [0, 0.05) is 19.1 Å². The molecule has 0 spiro atoms. The van der Waals surface area contributed by atoms with Crippen LogP contribution in [0.25, 0.3) is 0 Å². The molecule has 0 bridgehead atoms. The summed E-state index contributed by atoms with van der Waals surface area (Å²) in [6.07, 6.45) is 6.32. The van der Waals surface area contributed by atoms with E-state index in [9.17, 15) is 5.21 Å². The smallest absolute Gasteiger partial charge is 0.0253 e. The summed E-state index contributed by atoms with van der Waals surface area (Å²) >= 11 is 0. The number of hydrogen-bond acceptors (Lipinski definition) is 3. The summed E-state index contributed by atoms with van der Waals surface area (Å²) in [6.45, 7) is 4.30. The second-order valence-corrected chi connectivity index (χ2v) is 4.28. The Kier molecular flexibility index (Phi) is 3.19. The predicted molar refractivity (Wildman–Crippen MR) is 51.8 cm³/mol. The van der Waals surface area contributed by atoms with Crippen LogP contribution in [0.2, 0.25) is 0 Å². The van der Waals surface area contributed by atoms with Gasteiger partial charge in [0.15, 0.2) is 0 Å².